The van der Waals surface area contributed by atoms with E-state index in [9.17, 15) is 9.18 Å². The Hall–Kier alpha value is -1.68. The Morgan fingerprint density at radius 3 is 2.43 bits per heavy atom. The van der Waals surface area contributed by atoms with Crippen molar-refractivity contribution in [2.75, 3.05) is 6.61 Å². The molecule has 2 nitrogen and oxygen atoms in total. The maximum absolute atomic E-state index is 13.6. The molecular formula is C17H16BrFO2. The van der Waals surface area contributed by atoms with Gasteiger partial charge in [-0.1, -0.05) is 54.0 Å². The van der Waals surface area contributed by atoms with Crippen LogP contribution in [-0.4, -0.2) is 12.4 Å². The molecule has 2 aromatic carbocycles. The SMILES string of the molecule is CC(C)c1ccc(C(=O)COc2ccc(Br)cc2F)cc1. The number of rotatable bonds is 5. The highest BCUT2D eigenvalue weighted by atomic mass is 79.9. The summed E-state index contributed by atoms with van der Waals surface area (Å²) in [7, 11) is 0. The second-order valence-corrected chi connectivity index (χ2v) is 5.98. The average molecular weight is 351 g/mol. The fourth-order valence-corrected chi connectivity index (χ4v) is 2.21. The van der Waals surface area contributed by atoms with Crippen LogP contribution in [0.3, 0.4) is 0 Å². The normalized spacial score (nSPS) is 10.7. The standard InChI is InChI=1S/C17H16BrFO2/c1-11(2)12-3-5-13(6-4-12)16(20)10-21-17-8-7-14(18)9-15(17)19/h3-9,11H,10H2,1-2H3. The van der Waals surface area contributed by atoms with Crippen molar-refractivity contribution in [2.24, 2.45) is 0 Å². The Balaban J connectivity index is 2.01. The van der Waals surface area contributed by atoms with E-state index in [-0.39, 0.29) is 18.1 Å². The van der Waals surface area contributed by atoms with Crippen molar-refractivity contribution >= 4 is 21.7 Å². The lowest BCUT2D eigenvalue weighted by atomic mass is 10.0. The molecule has 0 radical (unpaired) electrons. The average Bonchev–Trinajstić information content (AvgIpc) is 2.46. The summed E-state index contributed by atoms with van der Waals surface area (Å²) in [5.74, 6) is -0.174. The molecule has 110 valence electrons. The fourth-order valence-electron chi connectivity index (χ4n) is 1.87. The molecule has 0 aromatic heterocycles. The molecule has 0 atom stereocenters. The van der Waals surface area contributed by atoms with Gasteiger partial charge in [0.2, 0.25) is 0 Å². The maximum Gasteiger partial charge on any atom is 0.200 e. The van der Waals surface area contributed by atoms with Gasteiger partial charge in [-0.15, -0.1) is 0 Å². The lowest BCUT2D eigenvalue weighted by Gasteiger charge is -2.08. The number of halogens is 2. The molecule has 0 aliphatic carbocycles. The van der Waals surface area contributed by atoms with Gasteiger partial charge in [0.1, 0.15) is 0 Å². The van der Waals surface area contributed by atoms with Crippen molar-refractivity contribution in [3.05, 3.63) is 63.9 Å². The van der Waals surface area contributed by atoms with Crippen molar-refractivity contribution in [2.45, 2.75) is 19.8 Å². The van der Waals surface area contributed by atoms with Crippen LogP contribution in [0.5, 0.6) is 5.75 Å². The minimum absolute atomic E-state index is 0.0744. The molecule has 0 unspecified atom stereocenters. The van der Waals surface area contributed by atoms with Gasteiger partial charge >= 0.3 is 0 Å². The molecule has 0 fully saturated rings. The van der Waals surface area contributed by atoms with E-state index >= 15 is 0 Å². The Morgan fingerprint density at radius 2 is 1.86 bits per heavy atom. The lowest BCUT2D eigenvalue weighted by molar-refractivity contribution is 0.0918. The number of hydrogen-bond acceptors (Lipinski definition) is 2. The Morgan fingerprint density at radius 1 is 1.19 bits per heavy atom. The summed E-state index contributed by atoms with van der Waals surface area (Å²) in [5.41, 5.74) is 1.74. The monoisotopic (exact) mass is 350 g/mol. The first-order valence-corrected chi connectivity index (χ1v) is 7.47. The summed E-state index contributed by atoms with van der Waals surface area (Å²) in [6.07, 6.45) is 0. The number of benzene rings is 2. The van der Waals surface area contributed by atoms with E-state index in [1.807, 2.05) is 12.1 Å². The summed E-state index contributed by atoms with van der Waals surface area (Å²) in [5, 5.41) is 0. The zero-order chi connectivity index (χ0) is 15.4. The third-order valence-corrected chi connectivity index (χ3v) is 3.65. The van der Waals surface area contributed by atoms with Gasteiger partial charge in [-0.2, -0.15) is 0 Å². The van der Waals surface area contributed by atoms with E-state index in [1.54, 1.807) is 18.2 Å². The van der Waals surface area contributed by atoms with Crippen LogP contribution in [0, 0.1) is 5.82 Å². The van der Waals surface area contributed by atoms with Gasteiger partial charge in [0.25, 0.3) is 0 Å². The Bertz CT molecular complexity index is 636. The topological polar surface area (TPSA) is 26.3 Å². The molecule has 0 spiro atoms. The first-order valence-electron chi connectivity index (χ1n) is 6.68. The molecule has 0 aliphatic rings. The van der Waals surface area contributed by atoms with Gasteiger partial charge in [0, 0.05) is 10.0 Å². The highest BCUT2D eigenvalue weighted by Gasteiger charge is 2.10. The van der Waals surface area contributed by atoms with Crippen LogP contribution in [0.15, 0.2) is 46.9 Å². The number of carbonyl (C=O) groups is 1. The van der Waals surface area contributed by atoms with Crippen LogP contribution in [-0.2, 0) is 0 Å². The molecule has 2 rings (SSSR count). The van der Waals surface area contributed by atoms with E-state index in [0.717, 1.165) is 0 Å². The van der Waals surface area contributed by atoms with E-state index in [4.69, 9.17) is 4.74 Å². The van der Waals surface area contributed by atoms with Crippen molar-refractivity contribution in [3.63, 3.8) is 0 Å². The second kappa shape index (κ2) is 6.85. The van der Waals surface area contributed by atoms with Gasteiger partial charge in [-0.25, -0.2) is 4.39 Å². The molecule has 0 aliphatic heterocycles. The minimum atomic E-state index is -0.493. The quantitative estimate of drug-likeness (QED) is 0.711. The van der Waals surface area contributed by atoms with Crippen LogP contribution in [0.4, 0.5) is 4.39 Å². The van der Waals surface area contributed by atoms with Crippen LogP contribution in [0.2, 0.25) is 0 Å². The van der Waals surface area contributed by atoms with Gasteiger partial charge in [0.15, 0.2) is 24.0 Å². The van der Waals surface area contributed by atoms with Crippen LogP contribution in [0.1, 0.15) is 35.7 Å². The summed E-state index contributed by atoms with van der Waals surface area (Å²) in [6, 6.07) is 11.9. The van der Waals surface area contributed by atoms with Crippen molar-refractivity contribution in [1.29, 1.82) is 0 Å². The number of carbonyl (C=O) groups excluding carboxylic acids is 1. The summed E-state index contributed by atoms with van der Waals surface area (Å²) >= 11 is 3.17. The molecule has 4 heteroatoms. The number of hydrogen-bond donors (Lipinski definition) is 0. The summed E-state index contributed by atoms with van der Waals surface area (Å²) in [6.45, 7) is 4.01. The van der Waals surface area contributed by atoms with Crippen molar-refractivity contribution < 1.29 is 13.9 Å². The van der Waals surface area contributed by atoms with Gasteiger partial charge in [-0.3, -0.25) is 4.79 Å². The molecular weight excluding hydrogens is 335 g/mol. The molecule has 0 saturated heterocycles. The Kier molecular flexibility index (Phi) is 5.12. The van der Waals surface area contributed by atoms with Crippen LogP contribution in [0.25, 0.3) is 0 Å². The van der Waals surface area contributed by atoms with Crippen LogP contribution >= 0.6 is 15.9 Å². The van der Waals surface area contributed by atoms with Crippen molar-refractivity contribution in [1.82, 2.24) is 0 Å². The highest BCUT2D eigenvalue weighted by Crippen LogP contribution is 2.21. The van der Waals surface area contributed by atoms with E-state index in [2.05, 4.69) is 29.8 Å². The minimum Gasteiger partial charge on any atom is -0.482 e. The zero-order valence-electron chi connectivity index (χ0n) is 11.9. The van der Waals surface area contributed by atoms with Gasteiger partial charge in [-0.05, 0) is 29.7 Å². The number of Topliss-reactive ketones (excluding diaryl/α,β-unsaturated/α-hetero) is 1. The molecule has 0 saturated carbocycles. The fraction of sp³-hybridized carbons (Fsp3) is 0.235. The summed E-state index contributed by atoms with van der Waals surface area (Å²) in [4.78, 5) is 12.0. The highest BCUT2D eigenvalue weighted by molar-refractivity contribution is 9.10. The Labute approximate surface area is 132 Å². The molecule has 0 heterocycles. The van der Waals surface area contributed by atoms with E-state index in [1.165, 1.54) is 17.7 Å². The molecule has 0 amide bonds. The lowest BCUT2D eigenvalue weighted by Crippen LogP contribution is -2.12. The largest absolute Gasteiger partial charge is 0.482 e. The molecule has 21 heavy (non-hydrogen) atoms. The summed E-state index contributed by atoms with van der Waals surface area (Å²) < 4.78 is 19.4. The third-order valence-electron chi connectivity index (χ3n) is 3.15. The third kappa shape index (κ3) is 4.14. The number of ether oxygens (including phenoxy) is 1. The molecule has 0 N–H and O–H groups in total. The zero-order valence-corrected chi connectivity index (χ0v) is 13.5. The predicted molar refractivity (Wildman–Crippen MR) is 84.5 cm³/mol. The van der Waals surface area contributed by atoms with E-state index in [0.29, 0.717) is 16.0 Å². The van der Waals surface area contributed by atoms with Gasteiger partial charge < -0.3 is 4.74 Å². The molecule has 0 bridgehead atoms. The smallest absolute Gasteiger partial charge is 0.200 e. The predicted octanol–water partition coefficient (Wildman–Crippen LogP) is 4.97. The second-order valence-electron chi connectivity index (χ2n) is 5.06. The molecule has 2 aromatic rings. The van der Waals surface area contributed by atoms with E-state index < -0.39 is 5.82 Å². The van der Waals surface area contributed by atoms with Crippen LogP contribution < -0.4 is 4.74 Å². The van der Waals surface area contributed by atoms with Gasteiger partial charge in [0.05, 0.1) is 0 Å². The maximum atomic E-state index is 13.6. The number of ketones is 1. The first-order chi connectivity index (χ1) is 9.97. The van der Waals surface area contributed by atoms with Crippen molar-refractivity contribution in [3.8, 4) is 5.75 Å². The first kappa shape index (κ1) is 15.7.